The third-order valence-electron chi connectivity index (χ3n) is 4.10. The Morgan fingerprint density at radius 1 is 1.22 bits per heavy atom. The number of halogens is 2. The van der Waals surface area contributed by atoms with E-state index < -0.39 is 34.4 Å². The largest absolute Gasteiger partial charge is 0.463 e. The van der Waals surface area contributed by atoms with Crippen LogP contribution in [0.15, 0.2) is 22.0 Å². The maximum atomic E-state index is 13.7. The molecule has 1 unspecified atom stereocenters. The number of hydrogen-bond acceptors (Lipinski definition) is 6. The van der Waals surface area contributed by atoms with E-state index in [1.165, 1.54) is 11.5 Å². The molecule has 2 aromatic rings. The molecule has 2 heterocycles. The van der Waals surface area contributed by atoms with E-state index in [9.17, 15) is 23.2 Å². The number of hydrogen-bond donors (Lipinski definition) is 0. The van der Waals surface area contributed by atoms with Crippen molar-refractivity contribution in [3.05, 3.63) is 39.6 Å². The van der Waals surface area contributed by atoms with Crippen molar-refractivity contribution in [2.75, 3.05) is 13.2 Å². The van der Waals surface area contributed by atoms with Crippen LogP contribution >= 0.6 is 11.8 Å². The number of ether oxygens (including phenoxy) is 2. The lowest BCUT2D eigenvalue weighted by Crippen LogP contribution is -2.32. The molecule has 0 radical (unpaired) electrons. The van der Waals surface area contributed by atoms with E-state index in [0.717, 1.165) is 30.3 Å². The van der Waals surface area contributed by atoms with Gasteiger partial charge in [-0.05, 0) is 12.5 Å². The molecule has 0 bridgehead atoms. The van der Waals surface area contributed by atoms with Crippen LogP contribution < -0.4 is 5.43 Å². The van der Waals surface area contributed by atoms with Crippen molar-refractivity contribution in [3.63, 3.8) is 0 Å². The van der Waals surface area contributed by atoms with Crippen LogP contribution in [0.2, 0.25) is 0 Å². The first-order valence-corrected chi connectivity index (χ1v) is 9.27. The first-order chi connectivity index (χ1) is 12.8. The summed E-state index contributed by atoms with van der Waals surface area (Å²) < 4.78 is 39.1. The Bertz CT molecular complexity index is 988. The van der Waals surface area contributed by atoms with Gasteiger partial charge in [-0.3, -0.25) is 9.59 Å². The zero-order chi connectivity index (χ0) is 19.7. The molecule has 144 valence electrons. The zero-order valence-electron chi connectivity index (χ0n) is 14.7. The Balaban J connectivity index is 2.12. The average molecular weight is 397 g/mol. The summed E-state index contributed by atoms with van der Waals surface area (Å²) in [6.07, 6.45) is 1.46. The van der Waals surface area contributed by atoms with Gasteiger partial charge in [0.1, 0.15) is 17.5 Å². The molecule has 6 nitrogen and oxygen atoms in total. The van der Waals surface area contributed by atoms with Gasteiger partial charge in [0.25, 0.3) is 0 Å². The molecule has 0 amide bonds. The smallest absolute Gasteiger partial charge is 0.344 e. The molecule has 1 aliphatic heterocycles. The van der Waals surface area contributed by atoms with Crippen LogP contribution in [0.25, 0.3) is 10.9 Å². The van der Waals surface area contributed by atoms with E-state index in [-0.39, 0.29) is 34.7 Å². The van der Waals surface area contributed by atoms with Crippen molar-refractivity contribution in [3.8, 4) is 0 Å². The fourth-order valence-electron chi connectivity index (χ4n) is 2.77. The summed E-state index contributed by atoms with van der Waals surface area (Å²) in [5.41, 5.74) is -0.793. The molecule has 0 N–H and O–H groups in total. The molecule has 3 rings (SSSR count). The van der Waals surface area contributed by atoms with Gasteiger partial charge in [-0.2, -0.15) is 0 Å². The third-order valence-corrected chi connectivity index (χ3v) is 5.35. The van der Waals surface area contributed by atoms with Crippen LogP contribution in [0.1, 0.15) is 42.4 Å². The second kappa shape index (κ2) is 7.67. The number of unbranched alkanes of at least 4 members (excludes halogenated alkanes) is 1. The highest BCUT2D eigenvalue weighted by atomic mass is 32.2. The lowest BCUT2D eigenvalue weighted by molar-refractivity contribution is -0.141. The standard InChI is InChI=1S/C18H17F2NO5S/c1-3-4-5-25-18(24)15-16(23)10-6-11(19)12(20)7-13(10)21-14(27-17(15)21)8-26-9(2)22/h6-7,14H,3-5,8H2,1-2H3. The van der Waals surface area contributed by atoms with E-state index in [0.29, 0.717) is 6.42 Å². The number of carbonyl (C=O) groups is 2. The Labute approximate surface area is 157 Å². The van der Waals surface area contributed by atoms with E-state index in [2.05, 4.69) is 0 Å². The van der Waals surface area contributed by atoms with Gasteiger partial charge in [-0.25, -0.2) is 13.6 Å². The first-order valence-electron chi connectivity index (χ1n) is 8.39. The van der Waals surface area contributed by atoms with Crippen molar-refractivity contribution in [2.24, 2.45) is 0 Å². The number of benzene rings is 1. The monoisotopic (exact) mass is 397 g/mol. The van der Waals surface area contributed by atoms with Crippen LogP contribution in [-0.4, -0.2) is 29.7 Å². The van der Waals surface area contributed by atoms with Gasteiger partial charge in [0.15, 0.2) is 11.6 Å². The fraction of sp³-hybridized carbons (Fsp3) is 0.389. The molecule has 9 heteroatoms. The number of esters is 2. The van der Waals surface area contributed by atoms with E-state index >= 15 is 0 Å². The molecule has 0 aliphatic carbocycles. The lowest BCUT2D eigenvalue weighted by Gasteiger charge is -2.34. The predicted octanol–water partition coefficient (Wildman–Crippen LogP) is 3.40. The highest BCUT2D eigenvalue weighted by Gasteiger charge is 2.36. The van der Waals surface area contributed by atoms with Gasteiger partial charge in [0.2, 0.25) is 5.43 Å². The summed E-state index contributed by atoms with van der Waals surface area (Å²) in [7, 11) is 0. The summed E-state index contributed by atoms with van der Waals surface area (Å²) in [4.78, 5) is 36.2. The van der Waals surface area contributed by atoms with Crippen LogP contribution in [0.4, 0.5) is 8.78 Å². The Morgan fingerprint density at radius 3 is 2.59 bits per heavy atom. The van der Waals surface area contributed by atoms with Crippen LogP contribution in [-0.2, 0) is 14.3 Å². The number of rotatable bonds is 6. The normalized spacial score (nSPS) is 15.2. The second-order valence-corrected chi connectivity index (χ2v) is 7.19. The van der Waals surface area contributed by atoms with E-state index in [4.69, 9.17) is 9.47 Å². The molecule has 0 saturated heterocycles. The fourth-order valence-corrected chi connectivity index (χ4v) is 3.96. The highest BCUT2D eigenvalue weighted by molar-refractivity contribution is 8.00. The maximum Gasteiger partial charge on any atom is 0.344 e. The molecule has 1 atom stereocenters. The SMILES string of the molecule is CCCCOC(=O)c1c2n(c3cc(F)c(F)cc3c1=O)C(COC(C)=O)S2. The molecule has 27 heavy (non-hydrogen) atoms. The topological polar surface area (TPSA) is 74.6 Å². The summed E-state index contributed by atoms with van der Waals surface area (Å²) >= 11 is 1.14. The molecule has 1 aromatic carbocycles. The third kappa shape index (κ3) is 3.55. The minimum atomic E-state index is -1.19. The average Bonchev–Trinajstić information content (AvgIpc) is 2.58. The molecular formula is C18H17F2NO5S. The van der Waals surface area contributed by atoms with Crippen LogP contribution in [0.3, 0.4) is 0 Å². The molecular weight excluding hydrogens is 380 g/mol. The lowest BCUT2D eigenvalue weighted by atomic mass is 10.1. The van der Waals surface area contributed by atoms with Crippen molar-refractivity contribution < 1.29 is 27.8 Å². The number of thioether (sulfide) groups is 1. The molecule has 1 aromatic heterocycles. The molecule has 0 fully saturated rings. The van der Waals surface area contributed by atoms with Crippen molar-refractivity contribution in [2.45, 2.75) is 37.1 Å². The minimum Gasteiger partial charge on any atom is -0.463 e. The van der Waals surface area contributed by atoms with Gasteiger partial charge in [0.05, 0.1) is 17.1 Å². The summed E-state index contributed by atoms with van der Waals surface area (Å²) in [5.74, 6) is -3.60. The van der Waals surface area contributed by atoms with Gasteiger partial charge >= 0.3 is 11.9 Å². The van der Waals surface area contributed by atoms with Crippen LogP contribution in [0, 0.1) is 11.6 Å². The summed E-state index contributed by atoms with van der Waals surface area (Å²) in [6.45, 7) is 3.30. The number of pyridine rings is 1. The minimum absolute atomic E-state index is 0.0334. The van der Waals surface area contributed by atoms with Gasteiger partial charge in [0, 0.05) is 18.4 Å². The number of carbonyl (C=O) groups excluding carboxylic acids is 2. The van der Waals surface area contributed by atoms with E-state index in [1.807, 2.05) is 6.92 Å². The number of aromatic nitrogens is 1. The van der Waals surface area contributed by atoms with Gasteiger partial charge in [-0.1, -0.05) is 25.1 Å². The molecule has 0 spiro atoms. The summed E-state index contributed by atoms with van der Waals surface area (Å²) in [6, 6.07) is 1.68. The highest BCUT2D eigenvalue weighted by Crippen LogP contribution is 2.47. The van der Waals surface area contributed by atoms with Crippen LogP contribution in [0.5, 0.6) is 0 Å². The van der Waals surface area contributed by atoms with E-state index in [1.54, 1.807) is 0 Å². The predicted molar refractivity (Wildman–Crippen MR) is 94.8 cm³/mol. The second-order valence-electron chi connectivity index (χ2n) is 6.03. The number of nitrogens with zero attached hydrogens (tertiary/aromatic N) is 1. The zero-order valence-corrected chi connectivity index (χ0v) is 15.5. The van der Waals surface area contributed by atoms with Gasteiger partial charge in [-0.15, -0.1) is 0 Å². The van der Waals surface area contributed by atoms with Crippen molar-refractivity contribution in [1.82, 2.24) is 4.57 Å². The first kappa shape index (κ1) is 19.3. The maximum absolute atomic E-state index is 13.7. The van der Waals surface area contributed by atoms with Gasteiger partial charge < -0.3 is 14.0 Å². The summed E-state index contributed by atoms with van der Waals surface area (Å²) in [5, 5.41) is -0.301. The Hall–Kier alpha value is -2.42. The quantitative estimate of drug-likeness (QED) is 0.549. The van der Waals surface area contributed by atoms with Crippen molar-refractivity contribution >= 4 is 34.6 Å². The van der Waals surface area contributed by atoms with Crippen molar-refractivity contribution in [1.29, 1.82) is 0 Å². The molecule has 1 aliphatic rings. The molecule has 0 saturated carbocycles. The Kier molecular flexibility index (Phi) is 5.50. The number of fused-ring (bicyclic) bond motifs is 3. The Morgan fingerprint density at radius 2 is 1.93 bits per heavy atom.